The van der Waals surface area contributed by atoms with Crippen LogP contribution in [0, 0.1) is 21.8 Å². The van der Waals surface area contributed by atoms with Crippen LogP contribution in [0.25, 0.3) is 0 Å². The van der Waals surface area contributed by atoms with Gasteiger partial charge in [0.2, 0.25) is 0 Å². The summed E-state index contributed by atoms with van der Waals surface area (Å²) in [5.74, 6) is -1.09. The molecule has 2 atom stereocenters. The van der Waals surface area contributed by atoms with E-state index in [1.807, 2.05) is 13.8 Å². The first-order chi connectivity index (χ1) is 9.82. The van der Waals surface area contributed by atoms with Crippen LogP contribution >= 0.6 is 0 Å². The summed E-state index contributed by atoms with van der Waals surface area (Å²) in [6.45, 7) is 4.40. The zero-order valence-corrected chi connectivity index (χ0v) is 12.0. The molecule has 0 bridgehead atoms. The lowest BCUT2D eigenvalue weighted by molar-refractivity contribution is -0.384. The minimum atomic E-state index is -0.825. The quantitative estimate of drug-likeness (QED) is 0.516. The van der Waals surface area contributed by atoms with Gasteiger partial charge in [0.15, 0.2) is 0 Å². The number of piperidine rings is 1. The maximum atomic E-state index is 14.0. The fraction of sp³-hybridized carbons (Fsp3) is 0.500. The monoisotopic (exact) mass is 295 g/mol. The minimum absolute atomic E-state index is 0.0354. The second-order valence-corrected chi connectivity index (χ2v) is 5.60. The summed E-state index contributed by atoms with van der Waals surface area (Å²) < 4.78 is 14.0. The third kappa shape index (κ3) is 2.81. The third-order valence-electron chi connectivity index (χ3n) is 3.96. The van der Waals surface area contributed by atoms with Gasteiger partial charge in [0, 0.05) is 18.7 Å². The molecule has 1 aliphatic heterocycles. The molecule has 0 radical (unpaired) electrons. The Morgan fingerprint density at radius 3 is 2.71 bits per heavy atom. The highest BCUT2D eigenvalue weighted by atomic mass is 19.1. The second kappa shape index (κ2) is 5.67. The summed E-state index contributed by atoms with van der Waals surface area (Å²) in [5, 5.41) is 10.9. The number of nitrogens with zero attached hydrogens (tertiary/aromatic N) is 2. The van der Waals surface area contributed by atoms with E-state index in [0.717, 1.165) is 25.0 Å². The van der Waals surface area contributed by atoms with Crippen LogP contribution in [-0.4, -0.2) is 28.3 Å². The lowest BCUT2D eigenvalue weighted by atomic mass is 9.94. The Kier molecular flexibility index (Phi) is 4.11. The molecule has 1 amide bonds. The zero-order valence-electron chi connectivity index (χ0n) is 12.0. The highest BCUT2D eigenvalue weighted by molar-refractivity contribution is 6.01. The highest BCUT2D eigenvalue weighted by Gasteiger charge is 2.32. The SMILES string of the molecule is CC1CCC(C)N(C(=O)c2c(F)ccc([N+](=O)[O-])c2N)C1. The number of hydrogen-bond donors (Lipinski definition) is 1. The number of nitro benzene ring substituents is 1. The average molecular weight is 295 g/mol. The van der Waals surface area contributed by atoms with Crippen LogP contribution in [0.15, 0.2) is 12.1 Å². The van der Waals surface area contributed by atoms with Crippen LogP contribution in [-0.2, 0) is 0 Å². The Morgan fingerprint density at radius 2 is 2.10 bits per heavy atom. The molecule has 1 saturated heterocycles. The van der Waals surface area contributed by atoms with Gasteiger partial charge >= 0.3 is 0 Å². The molecule has 0 spiro atoms. The van der Waals surface area contributed by atoms with E-state index in [1.54, 1.807) is 4.90 Å². The minimum Gasteiger partial charge on any atom is -0.392 e. The van der Waals surface area contributed by atoms with Gasteiger partial charge in [0.25, 0.3) is 11.6 Å². The van der Waals surface area contributed by atoms with Crippen LogP contribution in [0.4, 0.5) is 15.8 Å². The summed E-state index contributed by atoms with van der Waals surface area (Å²) >= 11 is 0. The number of amides is 1. The van der Waals surface area contributed by atoms with Crippen molar-refractivity contribution < 1.29 is 14.1 Å². The number of likely N-dealkylation sites (tertiary alicyclic amines) is 1. The third-order valence-corrected chi connectivity index (χ3v) is 3.96. The molecule has 21 heavy (non-hydrogen) atoms. The number of carbonyl (C=O) groups is 1. The van der Waals surface area contributed by atoms with Crippen molar-refractivity contribution in [2.24, 2.45) is 5.92 Å². The molecule has 1 fully saturated rings. The largest absolute Gasteiger partial charge is 0.392 e. The number of nitrogens with two attached hydrogens (primary N) is 1. The molecule has 2 N–H and O–H groups in total. The predicted molar refractivity (Wildman–Crippen MR) is 76.4 cm³/mol. The molecule has 1 aliphatic rings. The Bertz CT molecular complexity index is 591. The molecule has 2 unspecified atom stereocenters. The molecule has 6 nitrogen and oxygen atoms in total. The normalized spacial score (nSPS) is 22.1. The Labute approximate surface area is 121 Å². The van der Waals surface area contributed by atoms with E-state index in [1.165, 1.54) is 0 Å². The molecular formula is C14H18FN3O3. The van der Waals surface area contributed by atoms with Crippen molar-refractivity contribution in [2.45, 2.75) is 32.7 Å². The number of halogens is 1. The molecule has 2 rings (SSSR count). The number of rotatable bonds is 2. The van der Waals surface area contributed by atoms with Gasteiger partial charge in [0.05, 0.1) is 4.92 Å². The highest BCUT2D eigenvalue weighted by Crippen LogP contribution is 2.31. The summed E-state index contributed by atoms with van der Waals surface area (Å²) in [5.41, 5.74) is 4.39. The van der Waals surface area contributed by atoms with Gasteiger partial charge in [-0.05, 0) is 31.7 Å². The van der Waals surface area contributed by atoms with E-state index >= 15 is 0 Å². The van der Waals surface area contributed by atoms with Gasteiger partial charge in [0.1, 0.15) is 17.1 Å². The van der Waals surface area contributed by atoms with Gasteiger partial charge in [-0.3, -0.25) is 14.9 Å². The van der Waals surface area contributed by atoms with Crippen molar-refractivity contribution >= 4 is 17.3 Å². The Hall–Kier alpha value is -2.18. The second-order valence-electron chi connectivity index (χ2n) is 5.60. The summed E-state index contributed by atoms with van der Waals surface area (Å²) in [4.78, 5) is 24.3. The van der Waals surface area contributed by atoms with Crippen molar-refractivity contribution in [3.63, 3.8) is 0 Å². The van der Waals surface area contributed by atoms with Gasteiger partial charge in [-0.15, -0.1) is 0 Å². The fourth-order valence-corrected chi connectivity index (χ4v) is 2.67. The van der Waals surface area contributed by atoms with Crippen molar-refractivity contribution in [3.05, 3.63) is 33.6 Å². The van der Waals surface area contributed by atoms with Crippen LogP contribution in [0.2, 0.25) is 0 Å². The molecule has 0 saturated carbocycles. The number of carbonyl (C=O) groups excluding carboxylic acids is 1. The number of nitro groups is 1. The van der Waals surface area contributed by atoms with Crippen molar-refractivity contribution in [2.75, 3.05) is 12.3 Å². The average Bonchev–Trinajstić information content (AvgIpc) is 2.41. The van der Waals surface area contributed by atoms with E-state index in [-0.39, 0.29) is 6.04 Å². The van der Waals surface area contributed by atoms with Gasteiger partial charge in [-0.25, -0.2) is 4.39 Å². The zero-order chi connectivity index (χ0) is 15.7. The van der Waals surface area contributed by atoms with Crippen molar-refractivity contribution in [1.82, 2.24) is 4.90 Å². The molecule has 7 heteroatoms. The smallest absolute Gasteiger partial charge is 0.293 e. The van der Waals surface area contributed by atoms with E-state index in [2.05, 4.69) is 0 Å². The molecule has 1 heterocycles. The van der Waals surface area contributed by atoms with Gasteiger partial charge in [-0.1, -0.05) is 6.92 Å². The topological polar surface area (TPSA) is 89.5 Å². The summed E-state index contributed by atoms with van der Waals surface area (Å²) in [6.07, 6.45) is 1.82. The molecular weight excluding hydrogens is 277 g/mol. The maximum absolute atomic E-state index is 14.0. The Morgan fingerprint density at radius 1 is 1.43 bits per heavy atom. The van der Waals surface area contributed by atoms with Crippen LogP contribution < -0.4 is 5.73 Å². The van der Waals surface area contributed by atoms with Gasteiger partial charge in [-0.2, -0.15) is 0 Å². The summed E-state index contributed by atoms with van der Waals surface area (Å²) in [7, 11) is 0. The van der Waals surface area contributed by atoms with E-state index in [4.69, 9.17) is 5.73 Å². The number of benzene rings is 1. The van der Waals surface area contributed by atoms with Gasteiger partial charge < -0.3 is 10.6 Å². The Balaban J connectivity index is 2.43. The first-order valence-corrected chi connectivity index (χ1v) is 6.86. The molecule has 0 aromatic heterocycles. The van der Waals surface area contributed by atoms with Crippen molar-refractivity contribution in [1.29, 1.82) is 0 Å². The van der Waals surface area contributed by atoms with Crippen LogP contribution in [0.3, 0.4) is 0 Å². The predicted octanol–water partition coefficient (Wildman–Crippen LogP) is 2.58. The lowest BCUT2D eigenvalue weighted by Gasteiger charge is -2.37. The van der Waals surface area contributed by atoms with Crippen LogP contribution in [0.1, 0.15) is 37.0 Å². The van der Waals surface area contributed by atoms with Crippen LogP contribution in [0.5, 0.6) is 0 Å². The number of anilines is 1. The standard InChI is InChI=1S/C14H18FN3O3/c1-8-3-4-9(2)17(7-8)14(19)12-10(15)5-6-11(13(12)16)18(20)21/h5-6,8-9H,3-4,7,16H2,1-2H3. The fourth-order valence-electron chi connectivity index (χ4n) is 2.67. The first kappa shape index (κ1) is 15.2. The first-order valence-electron chi connectivity index (χ1n) is 6.86. The molecule has 1 aromatic rings. The van der Waals surface area contributed by atoms with E-state index < -0.39 is 33.6 Å². The molecule has 114 valence electrons. The lowest BCUT2D eigenvalue weighted by Crippen LogP contribution is -2.45. The van der Waals surface area contributed by atoms with E-state index in [9.17, 15) is 19.3 Å². The molecule has 0 aliphatic carbocycles. The van der Waals surface area contributed by atoms with Crippen molar-refractivity contribution in [3.8, 4) is 0 Å². The number of hydrogen-bond acceptors (Lipinski definition) is 4. The maximum Gasteiger partial charge on any atom is 0.293 e. The molecule has 1 aromatic carbocycles. The number of nitrogen functional groups attached to an aromatic ring is 1. The summed E-state index contributed by atoms with van der Waals surface area (Å²) in [6, 6.07) is 1.86. The van der Waals surface area contributed by atoms with E-state index in [0.29, 0.717) is 12.5 Å².